The third-order valence-corrected chi connectivity index (χ3v) is 8.77. The van der Waals surface area contributed by atoms with E-state index in [1.54, 1.807) is 6.08 Å². The van der Waals surface area contributed by atoms with E-state index in [2.05, 4.69) is 4.98 Å². The van der Waals surface area contributed by atoms with Crippen LogP contribution in [0.2, 0.25) is 0 Å². The first kappa shape index (κ1) is 29.0. The fourth-order valence-corrected chi connectivity index (χ4v) is 6.08. The molecular formula is C33H31F4N3O3. The van der Waals surface area contributed by atoms with Gasteiger partial charge in [0.1, 0.15) is 12.0 Å². The number of hydrogen-bond donors (Lipinski definition) is 2. The minimum absolute atomic E-state index is 0.118. The maximum absolute atomic E-state index is 15.0. The SMILES string of the molecule is CC1C=CC=C(c2cccc(C3(c4nc5c(c(=O)[nH]4)CN(C(=O)[C@H](O)c4cccc(C(F)(F)F)c4)CCC5)CC3)c2)C1F. The Morgan fingerprint density at radius 1 is 1.16 bits per heavy atom. The Bertz CT molecular complexity index is 1690. The molecule has 1 amide bonds. The lowest BCUT2D eigenvalue weighted by Gasteiger charge is -2.24. The summed E-state index contributed by atoms with van der Waals surface area (Å²) in [5.41, 5.74) is 1.17. The van der Waals surface area contributed by atoms with Gasteiger partial charge in [-0.2, -0.15) is 13.2 Å². The van der Waals surface area contributed by atoms with E-state index in [0.29, 0.717) is 35.5 Å². The smallest absolute Gasteiger partial charge is 0.378 e. The van der Waals surface area contributed by atoms with Crippen LogP contribution in [0.25, 0.3) is 5.57 Å². The molecule has 2 aromatic carbocycles. The number of aromatic amines is 1. The molecule has 0 spiro atoms. The fourth-order valence-electron chi connectivity index (χ4n) is 6.08. The number of carbonyl (C=O) groups is 1. The van der Waals surface area contributed by atoms with E-state index in [1.165, 1.54) is 11.0 Å². The van der Waals surface area contributed by atoms with Crippen LogP contribution >= 0.6 is 0 Å². The molecule has 3 aromatic rings. The van der Waals surface area contributed by atoms with Crippen molar-refractivity contribution in [2.45, 2.75) is 63.0 Å². The maximum Gasteiger partial charge on any atom is 0.416 e. The summed E-state index contributed by atoms with van der Waals surface area (Å²) in [6.45, 7) is 1.93. The molecule has 0 bridgehead atoms. The first-order valence-electron chi connectivity index (χ1n) is 14.4. The van der Waals surface area contributed by atoms with Crippen LogP contribution in [0.4, 0.5) is 17.6 Å². The molecule has 6 nitrogen and oxygen atoms in total. The number of carbonyl (C=O) groups excluding carboxylic acids is 1. The number of aliphatic hydroxyl groups is 1. The first-order chi connectivity index (χ1) is 20.5. The van der Waals surface area contributed by atoms with Crippen molar-refractivity contribution in [2.75, 3.05) is 6.54 Å². The van der Waals surface area contributed by atoms with Crippen LogP contribution < -0.4 is 5.56 Å². The van der Waals surface area contributed by atoms with Gasteiger partial charge in [0.05, 0.1) is 28.8 Å². The summed E-state index contributed by atoms with van der Waals surface area (Å²) in [7, 11) is 0. The predicted molar refractivity (Wildman–Crippen MR) is 153 cm³/mol. The Morgan fingerprint density at radius 3 is 2.67 bits per heavy atom. The highest BCUT2D eigenvalue weighted by Gasteiger charge is 2.49. The van der Waals surface area contributed by atoms with E-state index in [1.807, 2.05) is 43.3 Å². The molecule has 0 radical (unpaired) electrons. The van der Waals surface area contributed by atoms with E-state index in [4.69, 9.17) is 4.98 Å². The Labute approximate surface area is 245 Å². The Morgan fingerprint density at radius 2 is 1.93 bits per heavy atom. The van der Waals surface area contributed by atoms with E-state index >= 15 is 4.39 Å². The number of aromatic nitrogens is 2. The minimum Gasteiger partial charge on any atom is -0.378 e. The lowest BCUT2D eigenvalue weighted by molar-refractivity contribution is -0.142. The Hall–Kier alpha value is -4.05. The number of nitrogens with one attached hydrogen (secondary N) is 1. The van der Waals surface area contributed by atoms with Gasteiger partial charge in [-0.05, 0) is 60.1 Å². The lowest BCUT2D eigenvalue weighted by atomic mass is 9.86. The molecule has 2 N–H and O–H groups in total. The Balaban J connectivity index is 1.26. The zero-order valence-corrected chi connectivity index (χ0v) is 23.5. The minimum atomic E-state index is -4.62. The largest absolute Gasteiger partial charge is 0.416 e. The summed E-state index contributed by atoms with van der Waals surface area (Å²) in [5, 5.41) is 10.7. The molecular weight excluding hydrogens is 562 g/mol. The van der Waals surface area contributed by atoms with E-state index in [0.717, 1.165) is 42.2 Å². The summed E-state index contributed by atoms with van der Waals surface area (Å²) < 4.78 is 54.5. The molecule has 6 rings (SSSR count). The number of aliphatic hydroxyl groups excluding tert-OH is 1. The monoisotopic (exact) mass is 593 g/mol. The van der Waals surface area contributed by atoms with Crippen molar-refractivity contribution < 1.29 is 27.5 Å². The predicted octanol–water partition coefficient (Wildman–Crippen LogP) is 5.80. The number of nitrogens with zero attached hydrogens (tertiary/aromatic N) is 2. The van der Waals surface area contributed by atoms with Gasteiger partial charge in [-0.15, -0.1) is 0 Å². The normalized spacial score (nSPS) is 21.9. The molecule has 1 aliphatic heterocycles. The molecule has 2 aliphatic carbocycles. The number of H-pyrrole nitrogens is 1. The van der Waals surface area contributed by atoms with Crippen molar-refractivity contribution in [1.82, 2.24) is 14.9 Å². The zero-order chi connectivity index (χ0) is 30.5. The van der Waals surface area contributed by atoms with Crippen LogP contribution in [-0.2, 0) is 29.4 Å². The van der Waals surface area contributed by atoms with Crippen molar-refractivity contribution >= 4 is 11.5 Å². The summed E-state index contributed by atoms with van der Waals surface area (Å²) in [6, 6.07) is 11.8. The van der Waals surface area contributed by atoms with Crippen molar-refractivity contribution in [3.05, 3.63) is 116 Å². The molecule has 1 saturated carbocycles. The molecule has 3 atom stereocenters. The second kappa shape index (κ2) is 10.9. The number of hydrogen-bond acceptors (Lipinski definition) is 4. The molecule has 1 aromatic heterocycles. The average Bonchev–Trinajstić information content (AvgIpc) is 3.82. The molecule has 2 unspecified atom stereocenters. The van der Waals surface area contributed by atoms with Crippen LogP contribution in [-0.4, -0.2) is 38.6 Å². The van der Waals surface area contributed by atoms with Crippen molar-refractivity contribution in [2.24, 2.45) is 5.92 Å². The van der Waals surface area contributed by atoms with Gasteiger partial charge in [-0.1, -0.05) is 61.5 Å². The fraction of sp³-hybridized carbons (Fsp3) is 0.364. The molecule has 10 heteroatoms. The highest BCUT2D eigenvalue weighted by Crippen LogP contribution is 2.52. The van der Waals surface area contributed by atoms with E-state index in [9.17, 15) is 27.9 Å². The molecule has 3 aliphatic rings. The van der Waals surface area contributed by atoms with Gasteiger partial charge in [-0.3, -0.25) is 9.59 Å². The second-order valence-corrected chi connectivity index (χ2v) is 11.7. The summed E-state index contributed by atoms with van der Waals surface area (Å²) in [5.74, 6) is -0.475. The summed E-state index contributed by atoms with van der Waals surface area (Å²) in [6.07, 6.45) is 0.382. The number of aryl methyl sites for hydroxylation is 1. The molecule has 43 heavy (non-hydrogen) atoms. The quantitative estimate of drug-likeness (QED) is 0.366. The van der Waals surface area contributed by atoms with Gasteiger partial charge in [0.2, 0.25) is 0 Å². The lowest BCUT2D eigenvalue weighted by Crippen LogP contribution is -2.36. The van der Waals surface area contributed by atoms with Crippen molar-refractivity contribution in [3.8, 4) is 0 Å². The van der Waals surface area contributed by atoms with E-state index in [-0.39, 0.29) is 24.6 Å². The van der Waals surface area contributed by atoms with Gasteiger partial charge in [0, 0.05) is 12.5 Å². The molecule has 0 saturated heterocycles. The van der Waals surface area contributed by atoms with Crippen LogP contribution in [0.1, 0.15) is 71.6 Å². The third kappa shape index (κ3) is 5.44. The number of rotatable bonds is 5. The van der Waals surface area contributed by atoms with Crippen LogP contribution in [0.3, 0.4) is 0 Å². The van der Waals surface area contributed by atoms with Gasteiger partial charge in [0.15, 0.2) is 6.10 Å². The van der Waals surface area contributed by atoms with E-state index < -0.39 is 40.9 Å². The third-order valence-electron chi connectivity index (χ3n) is 8.77. The second-order valence-electron chi connectivity index (χ2n) is 11.7. The summed E-state index contributed by atoms with van der Waals surface area (Å²) in [4.78, 5) is 35.7. The maximum atomic E-state index is 15.0. The zero-order valence-electron chi connectivity index (χ0n) is 23.5. The first-order valence-corrected chi connectivity index (χ1v) is 14.4. The van der Waals surface area contributed by atoms with Gasteiger partial charge in [0.25, 0.3) is 11.5 Å². The highest BCUT2D eigenvalue weighted by atomic mass is 19.4. The number of benzene rings is 2. The molecule has 224 valence electrons. The van der Waals surface area contributed by atoms with Gasteiger partial charge >= 0.3 is 6.18 Å². The molecule has 1 fully saturated rings. The van der Waals surface area contributed by atoms with Crippen LogP contribution in [0, 0.1) is 5.92 Å². The Kier molecular flexibility index (Phi) is 7.36. The number of fused-ring (bicyclic) bond motifs is 1. The summed E-state index contributed by atoms with van der Waals surface area (Å²) >= 11 is 0. The highest BCUT2D eigenvalue weighted by molar-refractivity contribution is 5.82. The van der Waals surface area contributed by atoms with Crippen LogP contribution in [0.5, 0.6) is 0 Å². The van der Waals surface area contributed by atoms with Gasteiger partial charge < -0.3 is 15.0 Å². The molecule has 2 heterocycles. The average molecular weight is 594 g/mol. The number of alkyl halides is 4. The van der Waals surface area contributed by atoms with Crippen molar-refractivity contribution in [1.29, 1.82) is 0 Å². The van der Waals surface area contributed by atoms with Crippen molar-refractivity contribution in [3.63, 3.8) is 0 Å². The van der Waals surface area contributed by atoms with Crippen LogP contribution in [0.15, 0.2) is 71.6 Å². The number of allylic oxidation sites excluding steroid dienone is 4. The standard InChI is InChI=1S/C33H31F4N3O3/c1-19-6-2-11-24(27(19)34)20-7-3-9-22(16-20)32(13-14-32)31-38-26-12-5-15-40(18-25(26)29(42)39-31)30(43)28(41)21-8-4-10-23(17-21)33(35,36)37/h2-4,6-11,16-17,19,27-28,41H,5,12-15,18H2,1H3,(H,38,39,42)/t19?,27?,28-/m1/s1. The topological polar surface area (TPSA) is 86.3 Å². The number of amides is 1. The number of halogens is 4. The van der Waals surface area contributed by atoms with Gasteiger partial charge in [-0.25, -0.2) is 9.37 Å².